The summed E-state index contributed by atoms with van der Waals surface area (Å²) in [4.78, 5) is 38.8. The summed E-state index contributed by atoms with van der Waals surface area (Å²) in [5, 5.41) is 0. The Bertz CT molecular complexity index is 681. The van der Waals surface area contributed by atoms with Crippen molar-refractivity contribution in [1.82, 2.24) is 0 Å². The van der Waals surface area contributed by atoms with Crippen molar-refractivity contribution in [2.45, 2.75) is 39.2 Å². The lowest BCUT2D eigenvalue weighted by Crippen LogP contribution is -2.32. The Balaban J connectivity index is 1.57. The number of amides is 2. The molecule has 1 saturated heterocycles. The number of anilines is 1. The van der Waals surface area contributed by atoms with Gasteiger partial charge in [-0.3, -0.25) is 14.5 Å². The molecular weight excluding hydrogens is 306 g/mol. The van der Waals surface area contributed by atoms with Gasteiger partial charge in [0.2, 0.25) is 11.8 Å². The number of rotatable bonds is 3. The molecular formula is C19H21NO4. The minimum absolute atomic E-state index is 0.0605. The molecule has 1 aromatic rings. The van der Waals surface area contributed by atoms with Crippen molar-refractivity contribution < 1.29 is 19.1 Å². The summed E-state index contributed by atoms with van der Waals surface area (Å²) < 4.78 is 5.15. The second kappa shape index (κ2) is 5.43. The van der Waals surface area contributed by atoms with Gasteiger partial charge in [0.05, 0.1) is 29.2 Å². The molecule has 2 amide bonds. The van der Waals surface area contributed by atoms with Crippen molar-refractivity contribution in [2.24, 2.45) is 23.7 Å². The molecule has 0 N–H and O–H groups in total. The Morgan fingerprint density at radius 1 is 1.04 bits per heavy atom. The summed E-state index contributed by atoms with van der Waals surface area (Å²) in [5.74, 6) is -0.0119. The molecule has 0 aromatic heterocycles. The van der Waals surface area contributed by atoms with E-state index in [0.29, 0.717) is 23.1 Å². The zero-order valence-corrected chi connectivity index (χ0v) is 13.9. The van der Waals surface area contributed by atoms with Crippen molar-refractivity contribution in [1.29, 1.82) is 0 Å². The molecule has 4 rings (SSSR count). The normalized spacial score (nSPS) is 31.0. The first-order chi connectivity index (χ1) is 11.5. The molecule has 0 radical (unpaired) electrons. The van der Waals surface area contributed by atoms with E-state index >= 15 is 0 Å². The molecule has 4 atom stereocenters. The lowest BCUT2D eigenvalue weighted by Gasteiger charge is -2.19. The predicted octanol–water partition coefficient (Wildman–Crippen LogP) is 2.79. The van der Waals surface area contributed by atoms with Crippen LogP contribution < -0.4 is 4.90 Å². The van der Waals surface area contributed by atoms with Gasteiger partial charge in [-0.15, -0.1) is 0 Å². The summed E-state index contributed by atoms with van der Waals surface area (Å²) in [6.45, 7) is 3.59. The minimum atomic E-state index is -0.398. The predicted molar refractivity (Wildman–Crippen MR) is 87.3 cm³/mol. The highest BCUT2D eigenvalue weighted by Crippen LogP contribution is 2.56. The van der Waals surface area contributed by atoms with Gasteiger partial charge in [0, 0.05) is 0 Å². The van der Waals surface area contributed by atoms with Crippen LogP contribution in [0.1, 0.15) is 43.5 Å². The highest BCUT2D eigenvalue weighted by Gasteiger charge is 2.61. The number of esters is 1. The van der Waals surface area contributed by atoms with Gasteiger partial charge in [0.15, 0.2) is 0 Å². The highest BCUT2D eigenvalue weighted by atomic mass is 16.5. The lowest BCUT2D eigenvalue weighted by molar-refractivity contribution is -0.123. The van der Waals surface area contributed by atoms with E-state index in [1.165, 1.54) is 4.90 Å². The zero-order valence-electron chi connectivity index (χ0n) is 13.9. The quantitative estimate of drug-likeness (QED) is 0.632. The second-order valence-electron chi connectivity index (χ2n) is 7.40. The van der Waals surface area contributed by atoms with Crippen LogP contribution in [0, 0.1) is 23.7 Å². The van der Waals surface area contributed by atoms with Crippen molar-refractivity contribution in [3.05, 3.63) is 29.8 Å². The third kappa shape index (κ3) is 2.18. The molecule has 126 valence electrons. The molecule has 2 aliphatic carbocycles. The molecule has 2 bridgehead atoms. The maximum atomic E-state index is 12.8. The average Bonchev–Trinajstić information content (AvgIpc) is 3.21. The largest absolute Gasteiger partial charge is 0.459 e. The van der Waals surface area contributed by atoms with Crippen LogP contribution in [0.3, 0.4) is 0 Å². The molecule has 24 heavy (non-hydrogen) atoms. The summed E-state index contributed by atoms with van der Waals surface area (Å²) in [5.41, 5.74) is 0.978. The lowest BCUT2D eigenvalue weighted by atomic mass is 9.81. The van der Waals surface area contributed by atoms with Gasteiger partial charge in [0.1, 0.15) is 0 Å². The number of fused-ring (bicyclic) bond motifs is 5. The fourth-order valence-electron chi connectivity index (χ4n) is 4.69. The average molecular weight is 327 g/mol. The third-order valence-corrected chi connectivity index (χ3v) is 5.63. The standard InChI is InChI=1S/C19H21NO4/c1-10(2)24-19(23)11-5-7-14(8-6-11)20-17(21)15-12-3-4-13(9-12)16(15)18(20)22/h5-8,10,12-13,15-16H,3-4,9H2,1-2H3/t12-,13+,15-,16+. The second-order valence-corrected chi connectivity index (χ2v) is 7.40. The van der Waals surface area contributed by atoms with Crippen LogP contribution in [0.25, 0.3) is 0 Å². The van der Waals surface area contributed by atoms with E-state index in [-0.39, 0.29) is 29.8 Å². The molecule has 3 aliphatic rings. The number of hydrogen-bond donors (Lipinski definition) is 0. The first kappa shape index (κ1) is 15.4. The number of carbonyl (C=O) groups excluding carboxylic acids is 3. The van der Waals surface area contributed by atoms with E-state index in [0.717, 1.165) is 19.3 Å². The molecule has 5 heteroatoms. The van der Waals surface area contributed by atoms with Gasteiger partial charge in [-0.1, -0.05) is 0 Å². The molecule has 1 heterocycles. The van der Waals surface area contributed by atoms with Crippen LogP contribution in [0.15, 0.2) is 24.3 Å². The topological polar surface area (TPSA) is 63.7 Å². The highest BCUT2D eigenvalue weighted by molar-refractivity contribution is 6.22. The van der Waals surface area contributed by atoms with E-state index in [2.05, 4.69) is 0 Å². The Kier molecular flexibility index (Phi) is 3.48. The van der Waals surface area contributed by atoms with Crippen molar-refractivity contribution in [2.75, 3.05) is 4.90 Å². The summed E-state index contributed by atoms with van der Waals surface area (Å²) in [7, 11) is 0. The maximum Gasteiger partial charge on any atom is 0.338 e. The maximum absolute atomic E-state index is 12.8. The van der Waals surface area contributed by atoms with Crippen LogP contribution in [0.4, 0.5) is 5.69 Å². The van der Waals surface area contributed by atoms with E-state index in [1.54, 1.807) is 38.1 Å². The van der Waals surface area contributed by atoms with E-state index in [9.17, 15) is 14.4 Å². The van der Waals surface area contributed by atoms with Crippen LogP contribution in [0.5, 0.6) is 0 Å². The summed E-state index contributed by atoms with van der Waals surface area (Å²) >= 11 is 0. The van der Waals surface area contributed by atoms with Crippen LogP contribution in [0.2, 0.25) is 0 Å². The van der Waals surface area contributed by atoms with Gasteiger partial charge < -0.3 is 4.74 Å². The monoisotopic (exact) mass is 327 g/mol. The van der Waals surface area contributed by atoms with Gasteiger partial charge in [-0.25, -0.2) is 4.79 Å². The van der Waals surface area contributed by atoms with Gasteiger partial charge in [-0.05, 0) is 69.2 Å². The molecule has 1 aromatic carbocycles. The van der Waals surface area contributed by atoms with Crippen molar-refractivity contribution >= 4 is 23.5 Å². The first-order valence-electron chi connectivity index (χ1n) is 8.66. The minimum Gasteiger partial charge on any atom is -0.459 e. The van der Waals surface area contributed by atoms with E-state index < -0.39 is 5.97 Å². The van der Waals surface area contributed by atoms with Crippen molar-refractivity contribution in [3.8, 4) is 0 Å². The smallest absolute Gasteiger partial charge is 0.338 e. The Hall–Kier alpha value is -2.17. The summed E-state index contributed by atoms with van der Waals surface area (Å²) in [6.07, 6.45) is 2.98. The molecule has 2 saturated carbocycles. The van der Waals surface area contributed by atoms with Crippen LogP contribution in [-0.4, -0.2) is 23.9 Å². The van der Waals surface area contributed by atoms with Crippen molar-refractivity contribution in [3.63, 3.8) is 0 Å². The Morgan fingerprint density at radius 3 is 2.08 bits per heavy atom. The van der Waals surface area contributed by atoms with Gasteiger partial charge in [-0.2, -0.15) is 0 Å². The molecule has 0 spiro atoms. The summed E-state index contributed by atoms with van der Waals surface area (Å²) in [6, 6.07) is 6.55. The SMILES string of the molecule is CC(C)OC(=O)c1ccc(N2C(=O)[C@@H]3[C@@H]4CC[C@@H](C4)[C@@H]3C2=O)cc1. The number of nitrogens with zero attached hydrogens (tertiary/aromatic N) is 1. The molecule has 3 fully saturated rings. The number of hydrogen-bond acceptors (Lipinski definition) is 4. The number of benzene rings is 1. The fraction of sp³-hybridized carbons (Fsp3) is 0.526. The van der Waals surface area contributed by atoms with Gasteiger partial charge in [0.25, 0.3) is 0 Å². The van der Waals surface area contributed by atoms with Gasteiger partial charge >= 0.3 is 5.97 Å². The number of imide groups is 1. The molecule has 5 nitrogen and oxygen atoms in total. The third-order valence-electron chi connectivity index (χ3n) is 5.63. The zero-order chi connectivity index (χ0) is 17.0. The molecule has 1 aliphatic heterocycles. The van der Waals surface area contributed by atoms with E-state index in [4.69, 9.17) is 4.74 Å². The van der Waals surface area contributed by atoms with E-state index in [1.807, 2.05) is 0 Å². The fourth-order valence-corrected chi connectivity index (χ4v) is 4.69. The van der Waals surface area contributed by atoms with Crippen LogP contribution >= 0.6 is 0 Å². The number of carbonyl (C=O) groups is 3. The molecule has 0 unspecified atom stereocenters. The van der Waals surface area contributed by atoms with Crippen LogP contribution in [-0.2, 0) is 14.3 Å². The first-order valence-corrected chi connectivity index (χ1v) is 8.66. The number of ether oxygens (including phenoxy) is 1. The Labute approximate surface area is 141 Å². The Morgan fingerprint density at radius 2 is 1.58 bits per heavy atom.